The topological polar surface area (TPSA) is 3.24 Å². The zero-order valence-electron chi connectivity index (χ0n) is 3.83. The van der Waals surface area contributed by atoms with Crippen LogP contribution in [-0.4, -0.2) is 26.0 Å². The van der Waals surface area contributed by atoms with Crippen LogP contribution in [0.3, 0.4) is 0 Å². The van der Waals surface area contributed by atoms with E-state index >= 15 is 0 Å². The molecule has 0 N–H and O–H groups in total. The molecule has 0 aromatic carbocycles. The monoisotopic (exact) mass is 78.1 g/mol. The van der Waals surface area contributed by atoms with Gasteiger partial charge in [-0.15, -0.1) is 0 Å². The molecule has 0 aliphatic rings. The van der Waals surface area contributed by atoms with Gasteiger partial charge in [0.05, 0.1) is 0 Å². The summed E-state index contributed by atoms with van der Waals surface area (Å²) in [5, 5.41) is 0. The molecule has 0 saturated heterocycles. The minimum atomic E-state index is 0. The molecule has 0 aliphatic carbocycles. The molecule has 0 atom stereocenters. The van der Waals surface area contributed by atoms with Crippen LogP contribution in [0, 0.1) is 0 Å². The average molecular weight is 78.1 g/mol. The number of nitrogens with zero attached hydrogens (tertiary/aromatic N) is 1. The third-order valence-electron chi connectivity index (χ3n) is 0. The van der Waals surface area contributed by atoms with Gasteiger partial charge in [-0.05, 0) is 21.1 Å². The van der Waals surface area contributed by atoms with Crippen molar-refractivity contribution in [2.24, 2.45) is 0 Å². The molecule has 0 heterocycles. The SMILES string of the molecule is CN(C)C.[F-]. The van der Waals surface area contributed by atoms with Crippen LogP contribution in [0.25, 0.3) is 0 Å². The first-order valence-electron chi connectivity index (χ1n) is 1.34. The molecule has 0 bridgehead atoms. The lowest BCUT2D eigenvalue weighted by Crippen LogP contribution is -3.00. The predicted octanol–water partition coefficient (Wildman–Crippen LogP) is -2.82. The molecule has 0 aliphatic heterocycles. The third-order valence-corrected chi connectivity index (χ3v) is 0. The van der Waals surface area contributed by atoms with E-state index in [1.54, 1.807) is 0 Å². The molecule has 0 radical (unpaired) electrons. The number of hydrogen-bond donors (Lipinski definition) is 0. The number of rotatable bonds is 0. The lowest BCUT2D eigenvalue weighted by Gasteiger charge is -1.90. The van der Waals surface area contributed by atoms with Crippen molar-refractivity contribution >= 4 is 0 Å². The minimum absolute atomic E-state index is 0. The van der Waals surface area contributed by atoms with Gasteiger partial charge >= 0.3 is 0 Å². The zero-order chi connectivity index (χ0) is 3.58. The van der Waals surface area contributed by atoms with Gasteiger partial charge in [-0.3, -0.25) is 0 Å². The molecule has 0 saturated carbocycles. The van der Waals surface area contributed by atoms with Gasteiger partial charge in [-0.25, -0.2) is 0 Å². The summed E-state index contributed by atoms with van der Waals surface area (Å²) in [6, 6.07) is 0. The molecule has 2 heteroatoms. The van der Waals surface area contributed by atoms with E-state index in [2.05, 4.69) is 0 Å². The summed E-state index contributed by atoms with van der Waals surface area (Å²) in [7, 11) is 6.00. The molecule has 0 spiro atoms. The maximum atomic E-state index is 2.00. The Morgan fingerprint density at radius 2 is 1.00 bits per heavy atom. The normalized spacial score (nSPS) is 7.20. The van der Waals surface area contributed by atoms with Crippen molar-refractivity contribution in [3.8, 4) is 0 Å². The summed E-state index contributed by atoms with van der Waals surface area (Å²) in [5.41, 5.74) is 0. The molecule has 0 rings (SSSR count). The van der Waals surface area contributed by atoms with Gasteiger partial charge in [-0.2, -0.15) is 0 Å². The van der Waals surface area contributed by atoms with Crippen molar-refractivity contribution in [3.63, 3.8) is 0 Å². The highest BCUT2D eigenvalue weighted by atomic mass is 19.0. The second-order valence-corrected chi connectivity index (χ2v) is 1.34. The molecule has 0 amide bonds. The molecule has 0 aromatic rings. The highest BCUT2D eigenvalue weighted by molar-refractivity contribution is 4.09. The lowest BCUT2D eigenvalue weighted by molar-refractivity contribution is -0.00000110. The Morgan fingerprint density at radius 3 is 1.00 bits per heavy atom. The summed E-state index contributed by atoms with van der Waals surface area (Å²) >= 11 is 0. The largest absolute Gasteiger partial charge is 1.00 e. The van der Waals surface area contributed by atoms with Gasteiger partial charge in [0.2, 0.25) is 0 Å². The fraction of sp³-hybridized carbons (Fsp3) is 1.00. The van der Waals surface area contributed by atoms with Crippen molar-refractivity contribution in [2.75, 3.05) is 21.1 Å². The quantitative estimate of drug-likeness (QED) is 0.302. The Morgan fingerprint density at radius 1 is 1.00 bits per heavy atom. The van der Waals surface area contributed by atoms with Crippen LogP contribution in [0.4, 0.5) is 0 Å². The third kappa shape index (κ3) is 1150. The smallest absolute Gasteiger partial charge is 0.0140 e. The van der Waals surface area contributed by atoms with Crippen LogP contribution in [0.2, 0.25) is 0 Å². The van der Waals surface area contributed by atoms with Crippen LogP contribution in [-0.2, 0) is 0 Å². The zero-order valence-corrected chi connectivity index (χ0v) is 3.83. The van der Waals surface area contributed by atoms with Crippen LogP contribution >= 0.6 is 0 Å². The number of halogens is 1. The minimum Gasteiger partial charge on any atom is -1.00 e. The Labute approximate surface area is 32.0 Å². The first kappa shape index (κ1) is 8.86. The fourth-order valence-corrected chi connectivity index (χ4v) is 0. The molecule has 5 heavy (non-hydrogen) atoms. The second kappa shape index (κ2) is 3.89. The van der Waals surface area contributed by atoms with E-state index in [1.165, 1.54) is 0 Å². The highest BCUT2D eigenvalue weighted by Gasteiger charge is 1.58. The Hall–Kier alpha value is -0.110. The molecule has 0 fully saturated rings. The molecule has 34 valence electrons. The second-order valence-electron chi connectivity index (χ2n) is 1.34. The van der Waals surface area contributed by atoms with E-state index < -0.39 is 0 Å². The summed E-state index contributed by atoms with van der Waals surface area (Å²) < 4.78 is 0. The van der Waals surface area contributed by atoms with Gasteiger partial charge in [0.1, 0.15) is 0 Å². The van der Waals surface area contributed by atoms with E-state index in [0.717, 1.165) is 0 Å². The van der Waals surface area contributed by atoms with Crippen LogP contribution in [0.1, 0.15) is 0 Å². The van der Waals surface area contributed by atoms with E-state index in [9.17, 15) is 0 Å². The van der Waals surface area contributed by atoms with Crippen LogP contribution in [0.15, 0.2) is 0 Å². The van der Waals surface area contributed by atoms with Gasteiger partial charge in [-0.1, -0.05) is 0 Å². The average Bonchev–Trinajstić information content (AvgIpc) is 0.811. The van der Waals surface area contributed by atoms with E-state index in [-0.39, 0.29) is 4.70 Å². The first-order chi connectivity index (χ1) is 1.73. The summed E-state index contributed by atoms with van der Waals surface area (Å²) in [6.45, 7) is 0. The Bertz CT molecular complexity index is 11.6. The van der Waals surface area contributed by atoms with Crippen LogP contribution < -0.4 is 4.70 Å². The fourth-order valence-electron chi connectivity index (χ4n) is 0. The molecule has 1 nitrogen and oxygen atoms in total. The first-order valence-corrected chi connectivity index (χ1v) is 1.34. The predicted molar refractivity (Wildman–Crippen MR) is 19.6 cm³/mol. The van der Waals surface area contributed by atoms with Gasteiger partial charge in [0.15, 0.2) is 0 Å². The number of hydrogen-bond acceptors (Lipinski definition) is 1. The molecular weight excluding hydrogens is 69.0 g/mol. The van der Waals surface area contributed by atoms with Crippen molar-refractivity contribution < 1.29 is 4.70 Å². The summed E-state index contributed by atoms with van der Waals surface area (Å²) in [6.07, 6.45) is 0. The molecule has 0 unspecified atom stereocenters. The Kier molecular flexibility index (Phi) is 6.89. The summed E-state index contributed by atoms with van der Waals surface area (Å²) in [5.74, 6) is 0. The Balaban J connectivity index is 0. The molecular formula is C3H9FN-. The van der Waals surface area contributed by atoms with Crippen molar-refractivity contribution in [1.29, 1.82) is 0 Å². The van der Waals surface area contributed by atoms with E-state index in [1.807, 2.05) is 26.0 Å². The maximum absolute atomic E-state index is 2.00. The van der Waals surface area contributed by atoms with E-state index in [4.69, 9.17) is 0 Å². The van der Waals surface area contributed by atoms with Crippen molar-refractivity contribution in [3.05, 3.63) is 0 Å². The molecule has 0 aromatic heterocycles. The lowest BCUT2D eigenvalue weighted by atomic mass is 11.0. The van der Waals surface area contributed by atoms with Crippen molar-refractivity contribution in [2.45, 2.75) is 0 Å². The summed E-state index contributed by atoms with van der Waals surface area (Å²) in [4.78, 5) is 2.00. The highest BCUT2D eigenvalue weighted by Crippen LogP contribution is 1.47. The van der Waals surface area contributed by atoms with Gasteiger partial charge in [0, 0.05) is 0 Å². The van der Waals surface area contributed by atoms with Gasteiger partial charge in [0.25, 0.3) is 0 Å². The van der Waals surface area contributed by atoms with Crippen LogP contribution in [0.5, 0.6) is 0 Å². The maximum Gasteiger partial charge on any atom is -0.0140 e. The van der Waals surface area contributed by atoms with Gasteiger partial charge < -0.3 is 9.60 Å². The van der Waals surface area contributed by atoms with E-state index in [0.29, 0.717) is 0 Å². The standard InChI is InChI=1S/C3H9N.FH/c1-4(2)3;/h1-3H3;1H/p-1. The van der Waals surface area contributed by atoms with Crippen molar-refractivity contribution in [1.82, 2.24) is 4.90 Å².